The third-order valence-electron chi connectivity index (χ3n) is 23.0. The summed E-state index contributed by atoms with van der Waals surface area (Å²) in [6, 6.07) is -0.885. The number of rotatable bonds is 75. The SMILES string of the molecule is CCCCCCC/C=C\C/C=C\CCCCCCCCCCCCCCCCCCCCCCCCCCCCCCCC(=O)NC(COC1OC(CO)C(OC2OC(CO)C(OC3OC(CO)C(O)C(O)C3O)C(O)C2O)C(O)C1O)C(O)CCCCCCCCCCCCCCCCCCCCCCCC. The van der Waals surface area contributed by atoms with Gasteiger partial charge in [0, 0.05) is 6.42 Å². The minimum absolute atomic E-state index is 0.233. The Morgan fingerprint density at radius 3 is 0.944 bits per heavy atom. The summed E-state index contributed by atoms with van der Waals surface area (Å²) in [5.74, 6) is -0.233. The van der Waals surface area contributed by atoms with Gasteiger partial charge in [0.25, 0.3) is 0 Å². The second-order valence-corrected chi connectivity index (χ2v) is 32.8. The molecule has 0 radical (unpaired) electrons. The number of carbonyl (C=O) groups excluding carboxylic acids is 1. The highest BCUT2D eigenvalue weighted by molar-refractivity contribution is 5.76. The molecule has 0 spiro atoms. The van der Waals surface area contributed by atoms with Crippen molar-refractivity contribution in [3.63, 3.8) is 0 Å². The van der Waals surface area contributed by atoms with Crippen LogP contribution in [0.2, 0.25) is 0 Å². The van der Waals surface area contributed by atoms with E-state index in [-0.39, 0.29) is 18.9 Å². The molecule has 3 heterocycles. The van der Waals surface area contributed by atoms with Crippen LogP contribution in [0, 0.1) is 0 Å². The maximum Gasteiger partial charge on any atom is 0.220 e. The normalized spacial score (nSPS) is 25.4. The van der Waals surface area contributed by atoms with Crippen molar-refractivity contribution in [2.45, 2.75) is 510 Å². The van der Waals surface area contributed by atoms with Crippen LogP contribution in [-0.2, 0) is 33.2 Å². The fourth-order valence-electron chi connectivity index (χ4n) is 15.8. The van der Waals surface area contributed by atoms with Crippen molar-refractivity contribution in [3.8, 4) is 0 Å². The molecule has 3 aliphatic heterocycles. The molecule has 0 aromatic heterocycles. The summed E-state index contributed by atoms with van der Waals surface area (Å²) in [6.07, 6.45) is 60.2. The number of hydrogen-bond acceptors (Lipinski definition) is 18. The lowest BCUT2D eigenvalue weighted by Crippen LogP contribution is -2.66. The topological polar surface area (TPSA) is 307 Å². The molecule has 0 aromatic carbocycles. The highest BCUT2D eigenvalue weighted by atomic mass is 16.8. The van der Waals surface area contributed by atoms with Gasteiger partial charge in [-0.25, -0.2) is 0 Å². The van der Waals surface area contributed by atoms with Crippen LogP contribution in [0.3, 0.4) is 0 Å². The molecular formula is C89H169NO18. The van der Waals surface area contributed by atoms with E-state index in [0.717, 1.165) is 51.4 Å². The average molecular weight is 1540 g/mol. The number of unbranched alkanes of at least 4 members (excludes halogenated alkanes) is 55. The van der Waals surface area contributed by atoms with Crippen molar-refractivity contribution in [1.29, 1.82) is 0 Å². The monoisotopic (exact) mass is 1540 g/mol. The number of amides is 1. The van der Waals surface area contributed by atoms with Crippen molar-refractivity contribution in [1.82, 2.24) is 5.32 Å². The summed E-state index contributed by atoms with van der Waals surface area (Å²) < 4.78 is 34.6. The number of aliphatic hydroxyl groups is 11. The molecule has 0 bridgehead atoms. The van der Waals surface area contributed by atoms with E-state index in [1.807, 2.05) is 0 Å². The van der Waals surface area contributed by atoms with Gasteiger partial charge < -0.3 is 89.9 Å². The molecule has 19 heteroatoms. The number of hydrogen-bond donors (Lipinski definition) is 12. The highest BCUT2D eigenvalue weighted by Gasteiger charge is 2.54. The predicted octanol–water partition coefficient (Wildman–Crippen LogP) is 17.2. The zero-order valence-corrected chi connectivity index (χ0v) is 68.9. The number of carbonyl (C=O) groups is 1. The molecule has 17 unspecified atom stereocenters. The summed E-state index contributed by atoms with van der Waals surface area (Å²) >= 11 is 0. The largest absolute Gasteiger partial charge is 0.394 e. The van der Waals surface area contributed by atoms with Gasteiger partial charge in [-0.05, 0) is 44.9 Å². The standard InChI is InChI=1S/C89H169NO18/c1-3-5-7-9-11-13-15-17-19-21-23-25-27-28-29-30-31-32-33-34-35-36-37-38-39-40-41-42-43-44-45-47-49-51-53-55-57-59-61-63-65-67-77(95)90-72(73(94)66-64-62-60-58-56-54-52-50-48-46-26-24-22-20-18-16-14-12-10-8-6-4-2)71-103-87-83(101)80(98)85(75(69-92)105-87)108-89-84(102)81(99)86(76(70-93)106-89)107-88-82(100)79(97)78(96)74(68-91)104-88/h15,17,21,23,72-76,78-89,91-94,96-102H,3-14,16,18-20,22,24-71H2,1-2H3,(H,90,95)/b17-15-,23-21-. The van der Waals surface area contributed by atoms with Gasteiger partial charge in [-0.2, -0.15) is 0 Å². The van der Waals surface area contributed by atoms with Gasteiger partial charge in [0.1, 0.15) is 73.2 Å². The number of nitrogens with one attached hydrogen (secondary N) is 1. The van der Waals surface area contributed by atoms with Crippen LogP contribution in [0.5, 0.6) is 0 Å². The third-order valence-corrected chi connectivity index (χ3v) is 23.0. The average Bonchev–Trinajstić information content (AvgIpc) is 0.787. The molecule has 638 valence electrons. The molecule has 0 aliphatic carbocycles. The van der Waals surface area contributed by atoms with Crippen LogP contribution in [0.25, 0.3) is 0 Å². The lowest BCUT2D eigenvalue weighted by atomic mass is 9.96. The van der Waals surface area contributed by atoms with Crippen molar-refractivity contribution in [3.05, 3.63) is 24.3 Å². The van der Waals surface area contributed by atoms with Crippen molar-refractivity contribution in [2.75, 3.05) is 26.4 Å². The number of aliphatic hydroxyl groups excluding tert-OH is 11. The van der Waals surface area contributed by atoms with Gasteiger partial charge in [0.15, 0.2) is 18.9 Å². The van der Waals surface area contributed by atoms with Crippen LogP contribution in [-0.4, -0.2) is 193 Å². The Bertz CT molecular complexity index is 2040. The van der Waals surface area contributed by atoms with Gasteiger partial charge in [0.05, 0.1) is 38.6 Å². The lowest BCUT2D eigenvalue weighted by Gasteiger charge is -2.48. The van der Waals surface area contributed by atoms with Gasteiger partial charge in [-0.3, -0.25) is 4.79 Å². The minimum Gasteiger partial charge on any atom is -0.394 e. The fraction of sp³-hybridized carbons (Fsp3) is 0.944. The number of ether oxygens (including phenoxy) is 6. The van der Waals surface area contributed by atoms with Crippen molar-refractivity contribution >= 4 is 5.91 Å². The maximum atomic E-state index is 13.5. The third kappa shape index (κ3) is 48.0. The summed E-state index contributed by atoms with van der Waals surface area (Å²) in [5.41, 5.74) is 0. The molecule has 3 fully saturated rings. The Morgan fingerprint density at radius 2 is 0.611 bits per heavy atom. The molecule has 12 N–H and O–H groups in total. The highest BCUT2D eigenvalue weighted by Crippen LogP contribution is 2.34. The van der Waals surface area contributed by atoms with Crippen molar-refractivity contribution < 1.29 is 89.4 Å². The van der Waals surface area contributed by atoms with E-state index in [1.165, 1.54) is 321 Å². The van der Waals surface area contributed by atoms with E-state index < -0.39 is 124 Å². The van der Waals surface area contributed by atoms with E-state index in [2.05, 4.69) is 43.5 Å². The first-order valence-electron chi connectivity index (χ1n) is 45.6. The summed E-state index contributed by atoms with van der Waals surface area (Å²) in [7, 11) is 0. The zero-order valence-electron chi connectivity index (χ0n) is 68.9. The van der Waals surface area contributed by atoms with E-state index in [4.69, 9.17) is 28.4 Å². The molecule has 108 heavy (non-hydrogen) atoms. The number of allylic oxidation sites excluding steroid dienone is 4. The smallest absolute Gasteiger partial charge is 0.220 e. The zero-order chi connectivity index (χ0) is 78.1. The van der Waals surface area contributed by atoms with Crippen LogP contribution in [0.4, 0.5) is 0 Å². The second kappa shape index (κ2) is 69.6. The first-order chi connectivity index (χ1) is 52.8. The van der Waals surface area contributed by atoms with Gasteiger partial charge in [-0.15, -0.1) is 0 Å². The van der Waals surface area contributed by atoms with Crippen LogP contribution >= 0.6 is 0 Å². The van der Waals surface area contributed by atoms with E-state index in [0.29, 0.717) is 12.8 Å². The Morgan fingerprint density at radius 1 is 0.333 bits per heavy atom. The quantitative estimate of drug-likeness (QED) is 0.0199. The lowest BCUT2D eigenvalue weighted by molar-refractivity contribution is -0.379. The maximum absolute atomic E-state index is 13.5. The molecule has 3 aliphatic rings. The van der Waals surface area contributed by atoms with Gasteiger partial charge in [-0.1, -0.05) is 378 Å². The van der Waals surface area contributed by atoms with Crippen LogP contribution in [0.15, 0.2) is 24.3 Å². The Balaban J connectivity index is 1.27. The molecular weight excluding hydrogens is 1370 g/mol. The summed E-state index contributed by atoms with van der Waals surface area (Å²) in [4.78, 5) is 13.5. The molecule has 17 atom stereocenters. The molecule has 1 amide bonds. The van der Waals surface area contributed by atoms with E-state index >= 15 is 0 Å². The first-order valence-corrected chi connectivity index (χ1v) is 45.6. The van der Waals surface area contributed by atoms with E-state index in [1.54, 1.807) is 0 Å². The first kappa shape index (κ1) is 100. The molecule has 0 saturated carbocycles. The molecule has 0 aromatic rings. The predicted molar refractivity (Wildman–Crippen MR) is 434 cm³/mol. The van der Waals surface area contributed by atoms with Crippen LogP contribution in [0.1, 0.15) is 406 Å². The Kier molecular flexibility index (Phi) is 64.7. The second-order valence-electron chi connectivity index (χ2n) is 32.8. The van der Waals surface area contributed by atoms with Crippen LogP contribution < -0.4 is 5.32 Å². The molecule has 3 rings (SSSR count). The minimum atomic E-state index is -1.97. The molecule has 19 nitrogen and oxygen atoms in total. The van der Waals surface area contributed by atoms with Gasteiger partial charge in [0.2, 0.25) is 5.91 Å². The van der Waals surface area contributed by atoms with E-state index in [9.17, 15) is 61.0 Å². The van der Waals surface area contributed by atoms with Crippen molar-refractivity contribution in [2.24, 2.45) is 0 Å². The Labute approximate surface area is 658 Å². The fourth-order valence-corrected chi connectivity index (χ4v) is 15.8. The summed E-state index contributed by atoms with van der Waals surface area (Å²) in [5, 5.41) is 121. The summed E-state index contributed by atoms with van der Waals surface area (Å²) in [6.45, 7) is 1.86. The van der Waals surface area contributed by atoms with Gasteiger partial charge >= 0.3 is 0 Å². The molecule has 3 saturated heterocycles. The Hall–Kier alpha value is -1.73.